The molecule has 4 nitrogen and oxygen atoms in total. The van der Waals surface area contributed by atoms with E-state index in [9.17, 15) is 4.79 Å². The second-order valence-electron chi connectivity index (χ2n) is 4.77. The number of benzene rings is 2. The van der Waals surface area contributed by atoms with Crippen LogP contribution in [0.2, 0.25) is 10.0 Å². The Morgan fingerprint density at radius 3 is 2.50 bits per heavy atom. The van der Waals surface area contributed by atoms with E-state index >= 15 is 0 Å². The van der Waals surface area contributed by atoms with Gasteiger partial charge in [0, 0.05) is 30.0 Å². The van der Waals surface area contributed by atoms with Crippen molar-refractivity contribution in [2.24, 2.45) is 0 Å². The van der Waals surface area contributed by atoms with Crippen LogP contribution in [0.3, 0.4) is 0 Å². The number of hydrogen-bond donors (Lipinski definition) is 2. The number of carbonyl (C=O) groups is 1. The lowest BCUT2D eigenvalue weighted by Crippen LogP contribution is -2.21. The topological polar surface area (TPSA) is 52.6 Å². The Morgan fingerprint density at radius 2 is 1.86 bits per heavy atom. The standard InChI is InChI=1S/C16H16Cl2N2O2/c1-20(8-9-21)13-5-3-12(4-6-13)19-16(22)14-10-11(17)2-7-15(14)18/h2-7,10,21H,8-9H2,1H3,(H,19,22). The van der Waals surface area contributed by atoms with Gasteiger partial charge in [-0.2, -0.15) is 0 Å². The lowest BCUT2D eigenvalue weighted by atomic mass is 10.2. The molecule has 0 saturated carbocycles. The van der Waals surface area contributed by atoms with Crippen molar-refractivity contribution < 1.29 is 9.90 Å². The summed E-state index contributed by atoms with van der Waals surface area (Å²) in [6.07, 6.45) is 0. The molecule has 0 aromatic heterocycles. The number of likely N-dealkylation sites (N-methyl/N-ethyl adjacent to an activating group) is 1. The van der Waals surface area contributed by atoms with Gasteiger partial charge in [-0.05, 0) is 42.5 Å². The number of nitrogens with zero attached hydrogens (tertiary/aromatic N) is 1. The van der Waals surface area contributed by atoms with Crippen LogP contribution in [0.1, 0.15) is 10.4 Å². The maximum absolute atomic E-state index is 12.2. The van der Waals surface area contributed by atoms with E-state index in [1.165, 1.54) is 6.07 Å². The normalized spacial score (nSPS) is 10.4. The molecule has 0 unspecified atom stereocenters. The third-order valence-corrected chi connectivity index (χ3v) is 3.74. The molecule has 0 aliphatic carbocycles. The Labute approximate surface area is 139 Å². The van der Waals surface area contributed by atoms with Crippen molar-refractivity contribution in [3.63, 3.8) is 0 Å². The van der Waals surface area contributed by atoms with E-state index in [1.807, 2.05) is 24.1 Å². The number of anilines is 2. The minimum atomic E-state index is -0.316. The summed E-state index contributed by atoms with van der Waals surface area (Å²) in [7, 11) is 1.88. The second kappa shape index (κ2) is 7.49. The van der Waals surface area contributed by atoms with Gasteiger partial charge in [-0.1, -0.05) is 23.2 Å². The lowest BCUT2D eigenvalue weighted by Gasteiger charge is -2.18. The van der Waals surface area contributed by atoms with E-state index in [0.717, 1.165) is 5.69 Å². The molecule has 2 N–H and O–H groups in total. The lowest BCUT2D eigenvalue weighted by molar-refractivity contribution is 0.102. The first-order valence-electron chi connectivity index (χ1n) is 6.69. The van der Waals surface area contributed by atoms with Gasteiger partial charge in [0.2, 0.25) is 0 Å². The summed E-state index contributed by atoms with van der Waals surface area (Å²) in [6.45, 7) is 0.631. The highest BCUT2D eigenvalue weighted by Gasteiger charge is 2.11. The molecule has 22 heavy (non-hydrogen) atoms. The van der Waals surface area contributed by atoms with Gasteiger partial charge in [0.05, 0.1) is 17.2 Å². The minimum absolute atomic E-state index is 0.0856. The summed E-state index contributed by atoms with van der Waals surface area (Å²) in [5.41, 5.74) is 1.94. The molecular formula is C16H16Cl2N2O2. The third kappa shape index (κ3) is 4.13. The Hall–Kier alpha value is -1.75. The Bertz CT molecular complexity index is 660. The van der Waals surface area contributed by atoms with E-state index in [-0.39, 0.29) is 12.5 Å². The van der Waals surface area contributed by atoms with Crippen LogP contribution in [0.25, 0.3) is 0 Å². The highest BCUT2D eigenvalue weighted by atomic mass is 35.5. The highest BCUT2D eigenvalue weighted by Crippen LogP contribution is 2.22. The van der Waals surface area contributed by atoms with Crippen molar-refractivity contribution in [1.82, 2.24) is 0 Å². The average Bonchev–Trinajstić information content (AvgIpc) is 2.50. The molecule has 0 atom stereocenters. The Morgan fingerprint density at radius 1 is 1.18 bits per heavy atom. The van der Waals surface area contributed by atoms with Gasteiger partial charge < -0.3 is 15.3 Å². The second-order valence-corrected chi connectivity index (χ2v) is 5.61. The molecule has 0 radical (unpaired) electrons. The predicted molar refractivity (Wildman–Crippen MR) is 91.2 cm³/mol. The SMILES string of the molecule is CN(CCO)c1ccc(NC(=O)c2cc(Cl)ccc2Cl)cc1. The predicted octanol–water partition coefficient (Wildman–Crippen LogP) is 3.67. The van der Waals surface area contributed by atoms with Crippen molar-refractivity contribution in [1.29, 1.82) is 0 Å². The van der Waals surface area contributed by atoms with Gasteiger partial charge in [-0.3, -0.25) is 4.79 Å². The summed E-state index contributed by atoms with van der Waals surface area (Å²) in [5, 5.41) is 12.5. The first-order valence-corrected chi connectivity index (χ1v) is 7.45. The molecule has 0 heterocycles. The highest BCUT2D eigenvalue weighted by molar-refractivity contribution is 6.36. The van der Waals surface area contributed by atoms with E-state index < -0.39 is 0 Å². The molecular weight excluding hydrogens is 323 g/mol. The van der Waals surface area contributed by atoms with Crippen LogP contribution in [-0.4, -0.2) is 31.2 Å². The van der Waals surface area contributed by atoms with Crippen molar-refractivity contribution in [3.05, 3.63) is 58.1 Å². The summed E-state index contributed by atoms with van der Waals surface area (Å²) in [4.78, 5) is 14.1. The molecule has 0 aliphatic heterocycles. The number of nitrogens with one attached hydrogen (secondary N) is 1. The molecule has 0 spiro atoms. The number of amides is 1. The summed E-state index contributed by atoms with van der Waals surface area (Å²) < 4.78 is 0. The van der Waals surface area contributed by atoms with Crippen LogP contribution in [0.15, 0.2) is 42.5 Å². The number of rotatable bonds is 5. The maximum Gasteiger partial charge on any atom is 0.257 e. The molecule has 2 aromatic rings. The zero-order valence-electron chi connectivity index (χ0n) is 12.0. The van der Waals surface area contributed by atoms with E-state index in [0.29, 0.717) is 27.8 Å². The van der Waals surface area contributed by atoms with E-state index in [2.05, 4.69) is 5.32 Å². The molecule has 2 aromatic carbocycles. The number of hydrogen-bond acceptors (Lipinski definition) is 3. The summed E-state index contributed by atoms with van der Waals surface area (Å²) >= 11 is 11.9. The Balaban J connectivity index is 2.10. The van der Waals surface area contributed by atoms with Crippen molar-refractivity contribution in [2.45, 2.75) is 0 Å². The number of aliphatic hydroxyl groups is 1. The number of aliphatic hydroxyl groups excluding tert-OH is 1. The van der Waals surface area contributed by atoms with Crippen molar-refractivity contribution in [3.8, 4) is 0 Å². The fourth-order valence-corrected chi connectivity index (χ4v) is 2.32. The van der Waals surface area contributed by atoms with Crippen LogP contribution in [-0.2, 0) is 0 Å². The van der Waals surface area contributed by atoms with E-state index in [4.69, 9.17) is 28.3 Å². The first-order chi connectivity index (χ1) is 10.5. The Kier molecular flexibility index (Phi) is 5.66. The quantitative estimate of drug-likeness (QED) is 0.874. The largest absolute Gasteiger partial charge is 0.395 e. The molecule has 0 fully saturated rings. The van der Waals surface area contributed by atoms with Crippen molar-refractivity contribution in [2.75, 3.05) is 30.4 Å². The summed E-state index contributed by atoms with van der Waals surface area (Å²) in [6, 6.07) is 12.1. The minimum Gasteiger partial charge on any atom is -0.395 e. The third-order valence-electron chi connectivity index (χ3n) is 3.17. The van der Waals surface area contributed by atoms with Gasteiger partial charge in [0.1, 0.15) is 0 Å². The monoisotopic (exact) mass is 338 g/mol. The van der Waals surface area contributed by atoms with Crippen LogP contribution in [0.5, 0.6) is 0 Å². The average molecular weight is 339 g/mol. The zero-order valence-corrected chi connectivity index (χ0v) is 13.5. The smallest absolute Gasteiger partial charge is 0.257 e. The molecule has 0 bridgehead atoms. The van der Waals surface area contributed by atoms with Crippen molar-refractivity contribution >= 4 is 40.5 Å². The van der Waals surface area contributed by atoms with Gasteiger partial charge in [0.15, 0.2) is 0 Å². The van der Waals surface area contributed by atoms with Crippen LogP contribution in [0, 0.1) is 0 Å². The fourth-order valence-electron chi connectivity index (χ4n) is 1.95. The molecule has 0 aliphatic rings. The van der Waals surface area contributed by atoms with Crippen LogP contribution in [0.4, 0.5) is 11.4 Å². The first kappa shape index (κ1) is 16.6. The van der Waals surface area contributed by atoms with Gasteiger partial charge in [0.25, 0.3) is 5.91 Å². The summed E-state index contributed by atoms with van der Waals surface area (Å²) in [5.74, 6) is -0.316. The van der Waals surface area contributed by atoms with Crippen LogP contribution < -0.4 is 10.2 Å². The zero-order chi connectivity index (χ0) is 16.1. The van der Waals surface area contributed by atoms with E-state index in [1.54, 1.807) is 24.3 Å². The molecule has 1 amide bonds. The number of halogens is 2. The number of carbonyl (C=O) groups excluding carboxylic acids is 1. The van der Waals surface area contributed by atoms with Gasteiger partial charge in [-0.25, -0.2) is 0 Å². The van der Waals surface area contributed by atoms with Gasteiger partial charge >= 0.3 is 0 Å². The fraction of sp³-hybridized carbons (Fsp3) is 0.188. The molecule has 0 saturated heterocycles. The maximum atomic E-state index is 12.2. The molecule has 2 rings (SSSR count). The van der Waals surface area contributed by atoms with Crippen LogP contribution >= 0.6 is 23.2 Å². The molecule has 116 valence electrons. The molecule has 6 heteroatoms. The van der Waals surface area contributed by atoms with Gasteiger partial charge in [-0.15, -0.1) is 0 Å².